The Labute approximate surface area is 125 Å². The molecule has 1 aliphatic carbocycles. The third kappa shape index (κ3) is 2.93. The lowest BCUT2D eigenvalue weighted by Gasteiger charge is -2.42. The minimum atomic E-state index is 0.195. The highest BCUT2D eigenvalue weighted by Crippen LogP contribution is 2.46. The maximum absolute atomic E-state index is 6.37. The van der Waals surface area contributed by atoms with Crippen molar-refractivity contribution in [3.63, 3.8) is 0 Å². The molecule has 0 saturated heterocycles. The fourth-order valence-corrected chi connectivity index (χ4v) is 3.43. The zero-order valence-corrected chi connectivity index (χ0v) is 13.9. The Morgan fingerprint density at radius 1 is 1.05 bits per heavy atom. The second-order valence-electron chi connectivity index (χ2n) is 7.82. The van der Waals surface area contributed by atoms with Crippen LogP contribution in [0, 0.1) is 0 Å². The fourth-order valence-electron chi connectivity index (χ4n) is 3.43. The van der Waals surface area contributed by atoms with Crippen molar-refractivity contribution in [3.8, 4) is 0 Å². The average molecular weight is 273 g/mol. The minimum absolute atomic E-state index is 0.195. The Balaban J connectivity index is 2.38. The molecule has 0 saturated carbocycles. The summed E-state index contributed by atoms with van der Waals surface area (Å²) >= 11 is 0. The number of hydrogen-bond acceptors (Lipinski definition) is 1. The maximum atomic E-state index is 6.37. The van der Waals surface area contributed by atoms with Crippen molar-refractivity contribution >= 4 is 0 Å². The van der Waals surface area contributed by atoms with E-state index in [1.807, 2.05) is 0 Å². The van der Waals surface area contributed by atoms with E-state index in [4.69, 9.17) is 5.73 Å². The third-order valence-corrected chi connectivity index (χ3v) is 5.17. The predicted molar refractivity (Wildman–Crippen MR) is 88.2 cm³/mol. The number of rotatable bonds is 4. The highest BCUT2D eigenvalue weighted by atomic mass is 14.6. The number of unbranched alkanes of at least 4 members (excludes halogenated alkanes) is 1. The van der Waals surface area contributed by atoms with E-state index in [1.165, 1.54) is 42.4 Å². The Bertz CT molecular complexity index is 471. The summed E-state index contributed by atoms with van der Waals surface area (Å²) in [6.45, 7) is 11.7. The van der Waals surface area contributed by atoms with Crippen molar-refractivity contribution in [1.29, 1.82) is 0 Å². The van der Waals surface area contributed by atoms with Gasteiger partial charge in [0, 0.05) is 6.04 Å². The van der Waals surface area contributed by atoms with Crippen molar-refractivity contribution in [2.75, 3.05) is 0 Å². The summed E-state index contributed by atoms with van der Waals surface area (Å²) in [5.41, 5.74) is 11.3. The monoisotopic (exact) mass is 273 g/mol. The first-order valence-electron chi connectivity index (χ1n) is 8.18. The molecule has 0 fully saturated rings. The van der Waals surface area contributed by atoms with E-state index in [-0.39, 0.29) is 11.5 Å². The van der Waals surface area contributed by atoms with E-state index in [2.05, 4.69) is 52.8 Å². The van der Waals surface area contributed by atoms with E-state index in [0.29, 0.717) is 5.41 Å². The van der Waals surface area contributed by atoms with Crippen molar-refractivity contribution < 1.29 is 0 Å². The zero-order valence-electron chi connectivity index (χ0n) is 13.9. The molecule has 0 radical (unpaired) electrons. The molecule has 1 unspecified atom stereocenters. The molecule has 1 aromatic carbocycles. The predicted octanol–water partition coefficient (Wildman–Crippen LogP) is 5.23. The van der Waals surface area contributed by atoms with Gasteiger partial charge in [-0.3, -0.25) is 0 Å². The largest absolute Gasteiger partial charge is 0.324 e. The molecule has 0 spiro atoms. The molecule has 1 aromatic rings. The van der Waals surface area contributed by atoms with Gasteiger partial charge in [0.25, 0.3) is 0 Å². The van der Waals surface area contributed by atoms with Gasteiger partial charge in [-0.05, 0) is 46.8 Å². The molecule has 2 rings (SSSR count). The molecular weight excluding hydrogens is 242 g/mol. The van der Waals surface area contributed by atoms with Crippen LogP contribution in [0.3, 0.4) is 0 Å². The van der Waals surface area contributed by atoms with Crippen molar-refractivity contribution in [2.45, 2.75) is 83.6 Å². The van der Waals surface area contributed by atoms with E-state index < -0.39 is 0 Å². The van der Waals surface area contributed by atoms with Crippen molar-refractivity contribution in [3.05, 3.63) is 34.9 Å². The van der Waals surface area contributed by atoms with Gasteiger partial charge in [0.15, 0.2) is 0 Å². The van der Waals surface area contributed by atoms with Crippen molar-refractivity contribution in [2.24, 2.45) is 5.73 Å². The van der Waals surface area contributed by atoms with Crippen LogP contribution >= 0.6 is 0 Å². The van der Waals surface area contributed by atoms with E-state index >= 15 is 0 Å². The lowest BCUT2D eigenvalue weighted by Crippen LogP contribution is -2.34. The first-order valence-corrected chi connectivity index (χ1v) is 8.18. The molecular formula is C19H31N. The van der Waals surface area contributed by atoms with Crippen LogP contribution in [0.15, 0.2) is 18.2 Å². The van der Waals surface area contributed by atoms with Gasteiger partial charge in [-0.2, -0.15) is 0 Å². The van der Waals surface area contributed by atoms with Crippen LogP contribution < -0.4 is 5.73 Å². The number of nitrogens with two attached hydrogens (primary N) is 1. The quantitative estimate of drug-likeness (QED) is 0.799. The van der Waals surface area contributed by atoms with E-state index in [1.54, 1.807) is 0 Å². The number of fused-ring (bicyclic) bond motifs is 1. The normalized spacial score (nSPS) is 21.3. The topological polar surface area (TPSA) is 26.0 Å². The van der Waals surface area contributed by atoms with Gasteiger partial charge in [0.2, 0.25) is 0 Å². The SMILES string of the molecule is CCCCC(N)c1ccc2c(c1)C(C)(C)CCC2(C)C. The molecule has 0 aromatic heterocycles. The van der Waals surface area contributed by atoms with Gasteiger partial charge in [-0.25, -0.2) is 0 Å². The summed E-state index contributed by atoms with van der Waals surface area (Å²) in [5, 5.41) is 0. The Kier molecular flexibility index (Phi) is 4.30. The maximum Gasteiger partial charge on any atom is 0.0294 e. The Morgan fingerprint density at radius 2 is 1.65 bits per heavy atom. The molecule has 20 heavy (non-hydrogen) atoms. The average Bonchev–Trinajstić information content (AvgIpc) is 2.41. The molecule has 0 bridgehead atoms. The van der Waals surface area contributed by atoms with Crippen LogP contribution in [0.2, 0.25) is 0 Å². The van der Waals surface area contributed by atoms with Crippen LogP contribution in [0.5, 0.6) is 0 Å². The second kappa shape index (κ2) is 5.52. The molecule has 0 aliphatic heterocycles. The number of hydrogen-bond donors (Lipinski definition) is 1. The smallest absolute Gasteiger partial charge is 0.0294 e. The summed E-state index contributed by atoms with van der Waals surface area (Å²) in [7, 11) is 0. The Hall–Kier alpha value is -0.820. The van der Waals surface area contributed by atoms with Gasteiger partial charge in [-0.15, -0.1) is 0 Å². The van der Waals surface area contributed by atoms with E-state index in [9.17, 15) is 0 Å². The zero-order chi connectivity index (χ0) is 15.0. The molecule has 1 aliphatic rings. The van der Waals surface area contributed by atoms with Crippen LogP contribution in [-0.4, -0.2) is 0 Å². The first kappa shape index (κ1) is 15.6. The summed E-state index contributed by atoms with van der Waals surface area (Å²) < 4.78 is 0. The summed E-state index contributed by atoms with van der Waals surface area (Å²) in [4.78, 5) is 0. The summed E-state index contributed by atoms with van der Waals surface area (Å²) in [6.07, 6.45) is 6.07. The molecule has 0 heterocycles. The summed E-state index contributed by atoms with van der Waals surface area (Å²) in [5.74, 6) is 0. The van der Waals surface area contributed by atoms with Crippen LogP contribution in [-0.2, 0) is 10.8 Å². The van der Waals surface area contributed by atoms with Crippen LogP contribution in [0.1, 0.15) is 89.5 Å². The van der Waals surface area contributed by atoms with Gasteiger partial charge in [-0.1, -0.05) is 65.7 Å². The molecule has 112 valence electrons. The lowest BCUT2D eigenvalue weighted by molar-refractivity contribution is 0.331. The molecule has 2 N–H and O–H groups in total. The van der Waals surface area contributed by atoms with Crippen molar-refractivity contribution in [1.82, 2.24) is 0 Å². The van der Waals surface area contributed by atoms with Gasteiger partial charge in [0.05, 0.1) is 0 Å². The molecule has 1 nitrogen and oxygen atoms in total. The van der Waals surface area contributed by atoms with Crippen LogP contribution in [0.25, 0.3) is 0 Å². The molecule has 0 amide bonds. The first-order chi connectivity index (χ1) is 9.28. The molecule has 1 atom stereocenters. The fraction of sp³-hybridized carbons (Fsp3) is 0.684. The highest BCUT2D eigenvalue weighted by molar-refractivity contribution is 5.44. The number of benzene rings is 1. The highest BCUT2D eigenvalue weighted by Gasteiger charge is 2.37. The Morgan fingerprint density at radius 3 is 2.25 bits per heavy atom. The van der Waals surface area contributed by atoms with Gasteiger partial charge in [0.1, 0.15) is 0 Å². The third-order valence-electron chi connectivity index (χ3n) is 5.17. The lowest BCUT2D eigenvalue weighted by atomic mass is 9.63. The van der Waals surface area contributed by atoms with Gasteiger partial charge < -0.3 is 5.73 Å². The molecule has 1 heteroatoms. The minimum Gasteiger partial charge on any atom is -0.324 e. The van der Waals surface area contributed by atoms with Gasteiger partial charge >= 0.3 is 0 Å². The standard InChI is InChI=1S/C19H31N/c1-6-7-8-17(20)14-9-10-15-16(13-14)19(4,5)12-11-18(15,2)3/h9-10,13,17H,6-8,11-12,20H2,1-5H3. The summed E-state index contributed by atoms with van der Waals surface area (Å²) in [6, 6.07) is 7.21. The van der Waals surface area contributed by atoms with Crippen LogP contribution in [0.4, 0.5) is 0 Å². The second-order valence-corrected chi connectivity index (χ2v) is 7.82. The van der Waals surface area contributed by atoms with E-state index in [0.717, 1.165) is 6.42 Å².